The number of amides is 1. The Morgan fingerprint density at radius 3 is 2.42 bits per heavy atom. The first-order chi connectivity index (χ1) is 12.1. The summed E-state index contributed by atoms with van der Waals surface area (Å²) in [7, 11) is 1.72. The van der Waals surface area contributed by atoms with Gasteiger partial charge in [0.15, 0.2) is 5.96 Å². The summed E-state index contributed by atoms with van der Waals surface area (Å²) in [5.74, 6) is 2.31. The number of nitrogens with one attached hydrogen (secondary N) is 2. The molecule has 2 N–H and O–H groups in total. The van der Waals surface area contributed by atoms with Gasteiger partial charge in [-0.25, -0.2) is 0 Å². The molecule has 26 heavy (non-hydrogen) atoms. The van der Waals surface area contributed by atoms with Crippen LogP contribution in [0.1, 0.15) is 46.0 Å². The maximum absolute atomic E-state index is 11.6. The van der Waals surface area contributed by atoms with Gasteiger partial charge in [0, 0.05) is 46.2 Å². The highest BCUT2D eigenvalue weighted by atomic mass is 127. The minimum atomic E-state index is 0. The molecule has 152 valence electrons. The van der Waals surface area contributed by atoms with Gasteiger partial charge < -0.3 is 20.4 Å². The van der Waals surface area contributed by atoms with Crippen LogP contribution in [0.5, 0.6) is 0 Å². The molecule has 1 unspecified atom stereocenters. The van der Waals surface area contributed by atoms with Gasteiger partial charge in [-0.05, 0) is 57.5 Å². The quantitative estimate of drug-likeness (QED) is 0.334. The summed E-state index contributed by atoms with van der Waals surface area (Å²) in [6.07, 6.45) is 5.50. The summed E-state index contributed by atoms with van der Waals surface area (Å²) in [6.45, 7) is 11.9. The Hall–Kier alpha value is -0.570. The molecule has 2 saturated heterocycles. The van der Waals surface area contributed by atoms with Crippen LogP contribution in [0.4, 0.5) is 0 Å². The molecule has 0 saturated carbocycles. The Bertz CT molecular complexity index is 432. The molecule has 0 bridgehead atoms. The number of guanidine groups is 1. The Morgan fingerprint density at radius 1 is 1.19 bits per heavy atom. The highest BCUT2D eigenvalue weighted by Crippen LogP contribution is 2.20. The highest BCUT2D eigenvalue weighted by molar-refractivity contribution is 14.0. The van der Waals surface area contributed by atoms with E-state index in [1.54, 1.807) is 7.05 Å². The van der Waals surface area contributed by atoms with Crippen LogP contribution in [0.25, 0.3) is 0 Å². The molecule has 0 spiro atoms. The van der Waals surface area contributed by atoms with Crippen LogP contribution in [-0.2, 0) is 4.79 Å². The predicted molar refractivity (Wildman–Crippen MR) is 119 cm³/mol. The van der Waals surface area contributed by atoms with Crippen LogP contribution in [0.3, 0.4) is 0 Å². The van der Waals surface area contributed by atoms with Crippen molar-refractivity contribution in [1.82, 2.24) is 20.4 Å². The van der Waals surface area contributed by atoms with E-state index in [-0.39, 0.29) is 29.9 Å². The number of piperidine rings is 1. The largest absolute Gasteiger partial charge is 0.359 e. The molecule has 2 aliphatic rings. The van der Waals surface area contributed by atoms with Crippen LogP contribution in [0.15, 0.2) is 4.99 Å². The van der Waals surface area contributed by atoms with Crippen LogP contribution in [0.2, 0.25) is 0 Å². The first-order valence-electron chi connectivity index (χ1n) is 10.1. The van der Waals surface area contributed by atoms with Gasteiger partial charge in [-0.1, -0.05) is 6.92 Å². The van der Waals surface area contributed by atoms with Gasteiger partial charge in [0.1, 0.15) is 0 Å². The van der Waals surface area contributed by atoms with Gasteiger partial charge in [0.05, 0.1) is 0 Å². The number of aliphatic imine (C=N–C) groups is 1. The molecule has 2 heterocycles. The second kappa shape index (κ2) is 12.8. The van der Waals surface area contributed by atoms with E-state index >= 15 is 0 Å². The minimum Gasteiger partial charge on any atom is -0.359 e. The molecule has 1 amide bonds. The summed E-state index contributed by atoms with van der Waals surface area (Å²) < 4.78 is 0. The lowest BCUT2D eigenvalue weighted by Crippen LogP contribution is -2.46. The molecule has 0 aromatic heterocycles. The molecular formula is C19H38IN5O. The summed E-state index contributed by atoms with van der Waals surface area (Å²) in [4.78, 5) is 21.4. The monoisotopic (exact) mass is 479 g/mol. The standard InChI is InChI=1S/C19H37N5O.HI/c1-4-21-19(22-14-16(2)15-23-9-5-6-10-23)24-11-7-17(8-12-24)13-18(25)20-3;/h16-17H,4-15H2,1-3H3,(H,20,25)(H,21,22);1H. The third-order valence-corrected chi connectivity index (χ3v) is 5.32. The van der Waals surface area contributed by atoms with E-state index in [0.717, 1.165) is 51.5 Å². The third-order valence-electron chi connectivity index (χ3n) is 5.32. The number of carbonyl (C=O) groups is 1. The van der Waals surface area contributed by atoms with Crippen molar-refractivity contribution in [3.05, 3.63) is 0 Å². The van der Waals surface area contributed by atoms with Gasteiger partial charge in [0.25, 0.3) is 0 Å². The second-order valence-electron chi connectivity index (χ2n) is 7.62. The maximum atomic E-state index is 11.6. The topological polar surface area (TPSA) is 60.0 Å². The van der Waals surface area contributed by atoms with Crippen molar-refractivity contribution < 1.29 is 4.79 Å². The molecule has 0 radical (unpaired) electrons. The number of halogens is 1. The molecule has 7 heteroatoms. The minimum absolute atomic E-state index is 0. The van der Waals surface area contributed by atoms with Gasteiger partial charge in [0.2, 0.25) is 5.91 Å². The number of carbonyl (C=O) groups excluding carboxylic acids is 1. The number of rotatable bonds is 7. The van der Waals surface area contributed by atoms with E-state index in [9.17, 15) is 4.79 Å². The Balaban J connectivity index is 0.00000338. The van der Waals surface area contributed by atoms with Crippen molar-refractivity contribution in [3.8, 4) is 0 Å². The fourth-order valence-electron chi connectivity index (χ4n) is 3.84. The molecule has 0 aromatic rings. The van der Waals surface area contributed by atoms with Gasteiger partial charge >= 0.3 is 0 Å². The third kappa shape index (κ3) is 7.98. The molecule has 2 fully saturated rings. The first-order valence-corrected chi connectivity index (χ1v) is 10.1. The summed E-state index contributed by atoms with van der Waals surface area (Å²) >= 11 is 0. The normalized spacial score (nSPS) is 20.6. The van der Waals surface area contributed by atoms with E-state index < -0.39 is 0 Å². The molecule has 1 atom stereocenters. The zero-order valence-electron chi connectivity index (χ0n) is 16.8. The lowest BCUT2D eigenvalue weighted by molar-refractivity contribution is -0.121. The van der Waals surface area contributed by atoms with Crippen molar-refractivity contribution in [2.24, 2.45) is 16.8 Å². The molecule has 2 rings (SSSR count). The van der Waals surface area contributed by atoms with Crippen molar-refractivity contribution in [3.63, 3.8) is 0 Å². The Labute approximate surface area is 176 Å². The molecule has 2 aliphatic heterocycles. The van der Waals surface area contributed by atoms with Gasteiger partial charge in [-0.15, -0.1) is 24.0 Å². The number of likely N-dealkylation sites (tertiary alicyclic amines) is 2. The number of hydrogen-bond acceptors (Lipinski definition) is 3. The van der Waals surface area contributed by atoms with Crippen molar-refractivity contribution >= 4 is 35.8 Å². The molecule has 0 aliphatic carbocycles. The average molecular weight is 479 g/mol. The second-order valence-corrected chi connectivity index (χ2v) is 7.62. The lowest BCUT2D eigenvalue weighted by Gasteiger charge is -2.34. The summed E-state index contributed by atoms with van der Waals surface area (Å²) in [6, 6.07) is 0. The molecule has 0 aromatic carbocycles. The van der Waals surface area contributed by atoms with E-state index in [1.807, 2.05) is 0 Å². The van der Waals surface area contributed by atoms with E-state index in [4.69, 9.17) is 4.99 Å². The van der Waals surface area contributed by atoms with Crippen LogP contribution in [-0.4, -0.2) is 74.5 Å². The average Bonchev–Trinajstić information content (AvgIpc) is 3.12. The fraction of sp³-hybridized carbons (Fsp3) is 0.895. The highest BCUT2D eigenvalue weighted by Gasteiger charge is 2.23. The van der Waals surface area contributed by atoms with Crippen molar-refractivity contribution in [2.75, 3.05) is 52.9 Å². The Kier molecular flexibility index (Phi) is 11.5. The fourth-order valence-corrected chi connectivity index (χ4v) is 3.84. The van der Waals surface area contributed by atoms with Gasteiger partial charge in [-0.2, -0.15) is 0 Å². The van der Waals surface area contributed by atoms with Crippen LogP contribution in [0, 0.1) is 11.8 Å². The zero-order valence-corrected chi connectivity index (χ0v) is 19.1. The van der Waals surface area contributed by atoms with Crippen molar-refractivity contribution in [2.45, 2.75) is 46.0 Å². The lowest BCUT2D eigenvalue weighted by atomic mass is 9.93. The predicted octanol–water partition coefficient (Wildman–Crippen LogP) is 2.15. The molecular weight excluding hydrogens is 441 g/mol. The first kappa shape index (κ1) is 23.5. The van der Waals surface area contributed by atoms with Gasteiger partial charge in [-0.3, -0.25) is 9.79 Å². The Morgan fingerprint density at radius 2 is 1.85 bits per heavy atom. The SMILES string of the molecule is CCNC(=NCC(C)CN1CCCC1)N1CCC(CC(=O)NC)CC1.I. The summed E-state index contributed by atoms with van der Waals surface area (Å²) in [5, 5.41) is 6.19. The smallest absolute Gasteiger partial charge is 0.220 e. The molecule has 6 nitrogen and oxygen atoms in total. The maximum Gasteiger partial charge on any atom is 0.220 e. The van der Waals surface area contributed by atoms with E-state index in [1.165, 1.54) is 25.9 Å². The van der Waals surface area contributed by atoms with E-state index in [2.05, 4.69) is 34.3 Å². The van der Waals surface area contributed by atoms with Crippen molar-refractivity contribution in [1.29, 1.82) is 0 Å². The summed E-state index contributed by atoms with van der Waals surface area (Å²) in [5.41, 5.74) is 0. The number of hydrogen-bond donors (Lipinski definition) is 2. The van der Waals surface area contributed by atoms with Crippen LogP contribution < -0.4 is 10.6 Å². The van der Waals surface area contributed by atoms with E-state index in [0.29, 0.717) is 18.3 Å². The number of nitrogens with zero attached hydrogens (tertiary/aromatic N) is 3. The van der Waals surface area contributed by atoms with Crippen LogP contribution >= 0.6 is 24.0 Å². The zero-order chi connectivity index (χ0) is 18.1.